The van der Waals surface area contributed by atoms with Crippen molar-refractivity contribution in [1.82, 2.24) is 4.90 Å². The fourth-order valence-electron chi connectivity index (χ4n) is 2.52. The van der Waals surface area contributed by atoms with E-state index in [0.29, 0.717) is 0 Å². The van der Waals surface area contributed by atoms with E-state index < -0.39 is 0 Å². The average Bonchev–Trinajstić information content (AvgIpc) is 2.82. The van der Waals surface area contributed by atoms with Crippen LogP contribution in [0.3, 0.4) is 0 Å². The molecule has 1 aromatic carbocycles. The Morgan fingerprint density at radius 2 is 1.94 bits per heavy atom. The van der Waals surface area contributed by atoms with Crippen LogP contribution >= 0.6 is 0 Å². The lowest BCUT2D eigenvalue weighted by atomic mass is 10.1. The van der Waals surface area contributed by atoms with Crippen LogP contribution in [0.15, 0.2) is 18.2 Å². The van der Waals surface area contributed by atoms with Gasteiger partial charge in [-0.15, -0.1) is 0 Å². The molecular formula is C15H23FN2. The Kier molecular flexibility index (Phi) is 4.59. The molecule has 0 radical (unpaired) electrons. The third-order valence-electron chi connectivity index (χ3n) is 3.53. The first-order valence-electron chi connectivity index (χ1n) is 6.85. The summed E-state index contributed by atoms with van der Waals surface area (Å²) in [5.41, 5.74) is 1.89. The molecule has 0 aromatic heterocycles. The minimum Gasteiger partial charge on any atom is -0.369 e. The molecule has 2 nitrogen and oxygen atoms in total. The molecule has 0 aliphatic carbocycles. The summed E-state index contributed by atoms with van der Waals surface area (Å²) in [6.07, 6.45) is 4.40. The van der Waals surface area contributed by atoms with Gasteiger partial charge in [-0.3, -0.25) is 0 Å². The van der Waals surface area contributed by atoms with Gasteiger partial charge >= 0.3 is 0 Å². The molecule has 0 saturated carbocycles. The summed E-state index contributed by atoms with van der Waals surface area (Å²) in [7, 11) is 4.13. The second kappa shape index (κ2) is 6.19. The monoisotopic (exact) mass is 250 g/mol. The summed E-state index contributed by atoms with van der Waals surface area (Å²) in [5, 5.41) is 0. The molecule has 2 rings (SSSR count). The number of hydrogen-bond acceptors (Lipinski definition) is 2. The molecule has 1 aliphatic rings. The fourth-order valence-corrected chi connectivity index (χ4v) is 2.52. The predicted octanol–water partition coefficient (Wildman–Crippen LogP) is 2.92. The van der Waals surface area contributed by atoms with Crippen LogP contribution in [0.5, 0.6) is 0 Å². The number of anilines is 1. The highest BCUT2D eigenvalue weighted by molar-refractivity contribution is 5.49. The maximum absolute atomic E-state index is 14.0. The Balaban J connectivity index is 1.96. The molecule has 1 aromatic rings. The van der Waals surface area contributed by atoms with Gasteiger partial charge in [0.2, 0.25) is 0 Å². The van der Waals surface area contributed by atoms with Crippen LogP contribution in [0.1, 0.15) is 24.8 Å². The second-order valence-electron chi connectivity index (χ2n) is 5.39. The zero-order valence-electron chi connectivity index (χ0n) is 11.5. The van der Waals surface area contributed by atoms with Gasteiger partial charge in [-0.1, -0.05) is 6.07 Å². The first-order chi connectivity index (χ1) is 8.66. The molecule has 1 saturated heterocycles. The molecule has 1 aliphatic heterocycles. The van der Waals surface area contributed by atoms with E-state index in [1.807, 2.05) is 6.07 Å². The SMILES string of the molecule is CN(C)CCCc1ccc(N2CCCC2)c(F)c1. The predicted molar refractivity (Wildman–Crippen MR) is 74.7 cm³/mol. The second-order valence-corrected chi connectivity index (χ2v) is 5.39. The number of benzene rings is 1. The molecule has 1 heterocycles. The van der Waals surface area contributed by atoms with E-state index >= 15 is 0 Å². The summed E-state index contributed by atoms with van der Waals surface area (Å²) in [6.45, 7) is 3.04. The van der Waals surface area contributed by atoms with Crippen LogP contribution in [0, 0.1) is 5.82 Å². The van der Waals surface area contributed by atoms with E-state index in [1.165, 1.54) is 12.8 Å². The topological polar surface area (TPSA) is 6.48 Å². The molecule has 0 atom stereocenters. The standard InChI is InChI=1S/C15H23FN2/c1-17(2)9-5-6-13-7-8-15(14(16)12-13)18-10-3-4-11-18/h7-8,12H,3-6,9-11H2,1-2H3. The van der Waals surface area contributed by atoms with Crippen LogP contribution < -0.4 is 4.90 Å². The van der Waals surface area contributed by atoms with Gasteiger partial charge in [-0.2, -0.15) is 0 Å². The summed E-state index contributed by atoms with van der Waals surface area (Å²) in [5.74, 6) is -0.0562. The zero-order chi connectivity index (χ0) is 13.0. The van der Waals surface area contributed by atoms with E-state index in [4.69, 9.17) is 0 Å². The highest BCUT2D eigenvalue weighted by Gasteiger charge is 2.15. The van der Waals surface area contributed by atoms with Crippen molar-refractivity contribution in [1.29, 1.82) is 0 Å². The third-order valence-corrected chi connectivity index (χ3v) is 3.53. The van der Waals surface area contributed by atoms with Gasteiger partial charge in [0.1, 0.15) is 5.82 Å². The molecule has 100 valence electrons. The number of aryl methyl sites for hydroxylation is 1. The van der Waals surface area contributed by atoms with Gasteiger partial charge in [-0.25, -0.2) is 4.39 Å². The van der Waals surface area contributed by atoms with E-state index in [0.717, 1.165) is 43.7 Å². The number of halogens is 1. The molecule has 18 heavy (non-hydrogen) atoms. The quantitative estimate of drug-likeness (QED) is 0.793. The van der Waals surface area contributed by atoms with Crippen molar-refractivity contribution in [2.45, 2.75) is 25.7 Å². The van der Waals surface area contributed by atoms with Crippen LogP contribution in [0.2, 0.25) is 0 Å². The van der Waals surface area contributed by atoms with Crippen molar-refractivity contribution in [3.8, 4) is 0 Å². The summed E-state index contributed by atoms with van der Waals surface area (Å²) in [4.78, 5) is 4.31. The zero-order valence-corrected chi connectivity index (χ0v) is 11.5. The summed E-state index contributed by atoms with van der Waals surface area (Å²) < 4.78 is 14.0. The molecule has 0 N–H and O–H groups in total. The lowest BCUT2D eigenvalue weighted by Gasteiger charge is -2.19. The first kappa shape index (κ1) is 13.3. The average molecular weight is 250 g/mol. The van der Waals surface area contributed by atoms with Crippen LogP contribution in [0.4, 0.5) is 10.1 Å². The fraction of sp³-hybridized carbons (Fsp3) is 0.600. The summed E-state index contributed by atoms with van der Waals surface area (Å²) in [6, 6.07) is 5.74. The number of rotatable bonds is 5. The van der Waals surface area contributed by atoms with Crippen molar-refractivity contribution < 1.29 is 4.39 Å². The van der Waals surface area contributed by atoms with Gasteiger partial charge in [0, 0.05) is 13.1 Å². The van der Waals surface area contributed by atoms with Crippen molar-refractivity contribution in [2.75, 3.05) is 38.6 Å². The van der Waals surface area contributed by atoms with Crippen molar-refractivity contribution in [3.63, 3.8) is 0 Å². The van der Waals surface area contributed by atoms with Gasteiger partial charge in [-0.05, 0) is 64.0 Å². The molecule has 1 fully saturated rings. The number of nitrogens with zero attached hydrogens (tertiary/aromatic N) is 2. The Morgan fingerprint density at radius 3 is 2.56 bits per heavy atom. The van der Waals surface area contributed by atoms with E-state index in [9.17, 15) is 4.39 Å². The van der Waals surface area contributed by atoms with Crippen molar-refractivity contribution in [2.24, 2.45) is 0 Å². The normalized spacial score (nSPS) is 15.7. The van der Waals surface area contributed by atoms with Crippen LogP contribution in [0.25, 0.3) is 0 Å². The van der Waals surface area contributed by atoms with E-state index in [1.54, 1.807) is 6.07 Å². The highest BCUT2D eigenvalue weighted by Crippen LogP contribution is 2.24. The lowest BCUT2D eigenvalue weighted by Crippen LogP contribution is -2.19. The molecule has 0 spiro atoms. The lowest BCUT2D eigenvalue weighted by molar-refractivity contribution is 0.400. The number of hydrogen-bond donors (Lipinski definition) is 0. The van der Waals surface area contributed by atoms with E-state index in [-0.39, 0.29) is 5.82 Å². The first-order valence-corrected chi connectivity index (χ1v) is 6.85. The molecular weight excluding hydrogens is 227 g/mol. The van der Waals surface area contributed by atoms with Crippen molar-refractivity contribution >= 4 is 5.69 Å². The highest BCUT2D eigenvalue weighted by atomic mass is 19.1. The maximum Gasteiger partial charge on any atom is 0.146 e. The molecule has 3 heteroatoms. The van der Waals surface area contributed by atoms with Crippen LogP contribution in [-0.2, 0) is 6.42 Å². The minimum absolute atomic E-state index is 0.0562. The maximum atomic E-state index is 14.0. The molecule has 0 amide bonds. The molecule has 0 unspecified atom stereocenters. The Morgan fingerprint density at radius 1 is 1.22 bits per heavy atom. The Hall–Kier alpha value is -1.09. The Labute approximate surface area is 109 Å². The minimum atomic E-state index is -0.0562. The van der Waals surface area contributed by atoms with Gasteiger partial charge in [0.15, 0.2) is 0 Å². The third kappa shape index (κ3) is 3.45. The Bertz CT molecular complexity index is 384. The smallest absolute Gasteiger partial charge is 0.146 e. The van der Waals surface area contributed by atoms with Gasteiger partial charge < -0.3 is 9.80 Å². The largest absolute Gasteiger partial charge is 0.369 e. The molecule has 0 bridgehead atoms. The summed E-state index contributed by atoms with van der Waals surface area (Å²) >= 11 is 0. The van der Waals surface area contributed by atoms with Gasteiger partial charge in [0.25, 0.3) is 0 Å². The van der Waals surface area contributed by atoms with E-state index in [2.05, 4.69) is 30.0 Å². The van der Waals surface area contributed by atoms with Gasteiger partial charge in [0.05, 0.1) is 5.69 Å². The van der Waals surface area contributed by atoms with Crippen LogP contribution in [-0.4, -0.2) is 38.6 Å². The van der Waals surface area contributed by atoms with Crippen molar-refractivity contribution in [3.05, 3.63) is 29.6 Å².